The maximum absolute atomic E-state index is 13.2. The zero-order valence-corrected chi connectivity index (χ0v) is 15.2. The van der Waals surface area contributed by atoms with Crippen molar-refractivity contribution in [2.75, 3.05) is 13.1 Å². The molecule has 0 radical (unpaired) electrons. The second-order valence-electron chi connectivity index (χ2n) is 6.90. The fraction of sp³-hybridized carbons (Fsp3) is 0.238. The third-order valence-corrected chi connectivity index (χ3v) is 5.17. The van der Waals surface area contributed by atoms with Crippen LogP contribution in [0.15, 0.2) is 54.9 Å². The number of carbonyl (C=O) groups excluding carboxylic acids is 1. The van der Waals surface area contributed by atoms with Crippen LogP contribution >= 0.6 is 0 Å². The van der Waals surface area contributed by atoms with Crippen LogP contribution in [0.25, 0.3) is 11.4 Å². The summed E-state index contributed by atoms with van der Waals surface area (Å²) in [6.45, 7) is 1.31. The van der Waals surface area contributed by atoms with Gasteiger partial charge in [-0.3, -0.25) is 9.89 Å². The molecule has 1 saturated heterocycles. The van der Waals surface area contributed by atoms with Crippen LogP contribution in [-0.2, 0) is 0 Å². The molecule has 1 aromatic heterocycles. The fourth-order valence-corrected chi connectivity index (χ4v) is 3.71. The molecule has 3 aromatic rings. The number of aromatic nitrogens is 3. The van der Waals surface area contributed by atoms with Crippen molar-refractivity contribution in [3.8, 4) is 11.4 Å². The minimum atomic E-state index is -0.934. The highest BCUT2D eigenvalue weighted by molar-refractivity contribution is 6.00. The van der Waals surface area contributed by atoms with Gasteiger partial charge in [-0.1, -0.05) is 30.3 Å². The Balaban J connectivity index is 1.55. The van der Waals surface area contributed by atoms with Crippen LogP contribution in [0.3, 0.4) is 0 Å². The van der Waals surface area contributed by atoms with Crippen LogP contribution in [0, 0.1) is 0 Å². The first-order chi connectivity index (χ1) is 13.6. The number of nitrogens with zero attached hydrogens (tertiary/aromatic N) is 3. The van der Waals surface area contributed by atoms with Gasteiger partial charge in [0.2, 0.25) is 0 Å². The van der Waals surface area contributed by atoms with Crippen LogP contribution < -0.4 is 0 Å². The number of H-pyrrole nitrogens is 1. The summed E-state index contributed by atoms with van der Waals surface area (Å²) in [7, 11) is 0. The lowest BCUT2D eigenvalue weighted by Crippen LogP contribution is -2.39. The highest BCUT2D eigenvalue weighted by Crippen LogP contribution is 2.29. The number of aromatic carboxylic acids is 1. The SMILES string of the molecule is O=C(O)c1ccc([C@H]2CCCN(C(=O)c3ccccc3-c3ncn[nH]3)C2)cc1. The van der Waals surface area contributed by atoms with Crippen molar-refractivity contribution < 1.29 is 14.7 Å². The number of carboxylic acid groups (broad SMARTS) is 1. The second-order valence-corrected chi connectivity index (χ2v) is 6.90. The van der Waals surface area contributed by atoms with Gasteiger partial charge < -0.3 is 10.0 Å². The van der Waals surface area contributed by atoms with Gasteiger partial charge in [-0.05, 0) is 36.6 Å². The summed E-state index contributed by atoms with van der Waals surface area (Å²) in [6, 6.07) is 14.3. The molecule has 1 amide bonds. The highest BCUT2D eigenvalue weighted by Gasteiger charge is 2.27. The van der Waals surface area contributed by atoms with E-state index in [9.17, 15) is 9.59 Å². The third-order valence-electron chi connectivity index (χ3n) is 5.17. The number of amides is 1. The Morgan fingerprint density at radius 1 is 1.11 bits per heavy atom. The number of rotatable bonds is 4. The molecule has 28 heavy (non-hydrogen) atoms. The zero-order valence-electron chi connectivity index (χ0n) is 15.2. The zero-order chi connectivity index (χ0) is 19.5. The number of benzene rings is 2. The number of carbonyl (C=O) groups is 2. The van der Waals surface area contributed by atoms with Crippen LogP contribution in [0.1, 0.15) is 45.0 Å². The Morgan fingerprint density at radius 2 is 1.89 bits per heavy atom. The van der Waals surface area contributed by atoms with Crippen molar-refractivity contribution >= 4 is 11.9 Å². The number of aromatic amines is 1. The van der Waals surface area contributed by atoms with E-state index in [0.717, 1.165) is 24.0 Å². The lowest BCUT2D eigenvalue weighted by Gasteiger charge is -2.33. The molecule has 7 nitrogen and oxygen atoms in total. The van der Waals surface area contributed by atoms with Crippen LogP contribution in [0.5, 0.6) is 0 Å². The number of carboxylic acids is 1. The average molecular weight is 376 g/mol. The van der Waals surface area contributed by atoms with E-state index in [2.05, 4.69) is 15.2 Å². The summed E-state index contributed by atoms with van der Waals surface area (Å²) < 4.78 is 0. The number of hydrogen-bond acceptors (Lipinski definition) is 4. The van der Waals surface area contributed by atoms with Crippen molar-refractivity contribution in [2.24, 2.45) is 0 Å². The van der Waals surface area contributed by atoms with Crippen molar-refractivity contribution in [1.82, 2.24) is 20.1 Å². The Bertz CT molecular complexity index is 983. The molecule has 0 saturated carbocycles. The summed E-state index contributed by atoms with van der Waals surface area (Å²) in [5.74, 6) is -0.199. The minimum absolute atomic E-state index is 0.0288. The maximum atomic E-state index is 13.2. The van der Waals surface area contributed by atoms with Gasteiger partial charge in [-0.15, -0.1) is 0 Å². The van der Waals surface area contributed by atoms with Gasteiger partial charge in [0.05, 0.1) is 11.1 Å². The Morgan fingerprint density at radius 3 is 2.61 bits per heavy atom. The Kier molecular flexibility index (Phi) is 4.89. The van der Waals surface area contributed by atoms with E-state index < -0.39 is 5.97 Å². The topological polar surface area (TPSA) is 99.2 Å². The molecular formula is C21H20N4O3. The third kappa shape index (κ3) is 3.51. The van der Waals surface area contributed by atoms with Crippen molar-refractivity contribution in [3.63, 3.8) is 0 Å². The lowest BCUT2D eigenvalue weighted by atomic mass is 9.89. The molecular weight excluding hydrogens is 356 g/mol. The summed E-state index contributed by atoms with van der Waals surface area (Å²) in [4.78, 5) is 30.3. The number of hydrogen-bond donors (Lipinski definition) is 2. The molecule has 0 aliphatic carbocycles. The van der Waals surface area contributed by atoms with E-state index in [-0.39, 0.29) is 17.4 Å². The molecule has 1 fully saturated rings. The van der Waals surface area contributed by atoms with E-state index >= 15 is 0 Å². The van der Waals surface area contributed by atoms with Gasteiger partial charge in [0.15, 0.2) is 5.82 Å². The van der Waals surface area contributed by atoms with E-state index in [4.69, 9.17) is 5.11 Å². The molecule has 7 heteroatoms. The normalized spacial score (nSPS) is 16.7. The van der Waals surface area contributed by atoms with Gasteiger partial charge in [0.25, 0.3) is 5.91 Å². The fourth-order valence-electron chi connectivity index (χ4n) is 3.71. The van der Waals surface area contributed by atoms with Gasteiger partial charge in [-0.25, -0.2) is 9.78 Å². The summed E-state index contributed by atoms with van der Waals surface area (Å²) in [6.07, 6.45) is 3.30. The number of likely N-dealkylation sites (tertiary alicyclic amines) is 1. The van der Waals surface area contributed by atoms with E-state index in [1.165, 1.54) is 6.33 Å². The van der Waals surface area contributed by atoms with Gasteiger partial charge in [0, 0.05) is 24.6 Å². The Labute approximate surface area is 162 Å². The summed E-state index contributed by atoms with van der Waals surface area (Å²) in [5, 5.41) is 15.8. The smallest absolute Gasteiger partial charge is 0.335 e. The quantitative estimate of drug-likeness (QED) is 0.728. The monoisotopic (exact) mass is 376 g/mol. The second kappa shape index (κ2) is 7.64. The maximum Gasteiger partial charge on any atom is 0.335 e. The Hall–Kier alpha value is -3.48. The molecule has 4 rings (SSSR count). The predicted octanol–water partition coefficient (Wildman–Crippen LogP) is 3.19. The molecule has 2 heterocycles. The average Bonchev–Trinajstić information content (AvgIpc) is 3.28. The van der Waals surface area contributed by atoms with Gasteiger partial charge >= 0.3 is 5.97 Å². The first kappa shape index (κ1) is 17.9. The number of nitrogens with one attached hydrogen (secondary N) is 1. The minimum Gasteiger partial charge on any atom is -0.478 e. The molecule has 1 aliphatic heterocycles. The molecule has 142 valence electrons. The molecule has 1 atom stereocenters. The van der Waals surface area contributed by atoms with Gasteiger partial charge in [-0.2, -0.15) is 5.10 Å². The highest BCUT2D eigenvalue weighted by atomic mass is 16.4. The largest absolute Gasteiger partial charge is 0.478 e. The van der Waals surface area contributed by atoms with Crippen molar-refractivity contribution in [1.29, 1.82) is 0 Å². The molecule has 0 unspecified atom stereocenters. The van der Waals surface area contributed by atoms with E-state index in [1.807, 2.05) is 41.3 Å². The van der Waals surface area contributed by atoms with Crippen LogP contribution in [0.2, 0.25) is 0 Å². The standard InChI is InChI=1S/C21H20N4O3/c26-20(18-6-2-1-5-17(18)19-22-13-23-24-19)25-11-3-4-16(12-25)14-7-9-15(10-8-14)21(27)28/h1-2,5-10,13,16H,3-4,11-12H2,(H,27,28)(H,22,23,24)/t16-/m0/s1. The molecule has 2 N–H and O–H groups in total. The molecule has 1 aliphatic rings. The van der Waals surface area contributed by atoms with Crippen LogP contribution in [0.4, 0.5) is 0 Å². The van der Waals surface area contributed by atoms with Crippen molar-refractivity contribution in [3.05, 3.63) is 71.5 Å². The van der Waals surface area contributed by atoms with Crippen LogP contribution in [-0.4, -0.2) is 50.2 Å². The van der Waals surface area contributed by atoms with E-state index in [0.29, 0.717) is 24.5 Å². The van der Waals surface area contributed by atoms with Gasteiger partial charge in [0.1, 0.15) is 6.33 Å². The lowest BCUT2D eigenvalue weighted by molar-refractivity contribution is 0.0693. The summed E-state index contributed by atoms with van der Waals surface area (Å²) in [5.41, 5.74) is 2.67. The first-order valence-electron chi connectivity index (χ1n) is 9.21. The summed E-state index contributed by atoms with van der Waals surface area (Å²) >= 11 is 0. The molecule has 0 bridgehead atoms. The van der Waals surface area contributed by atoms with E-state index in [1.54, 1.807) is 12.1 Å². The first-order valence-corrected chi connectivity index (χ1v) is 9.21. The molecule has 0 spiro atoms. The number of piperidine rings is 1. The molecule has 2 aromatic carbocycles. The van der Waals surface area contributed by atoms with Crippen molar-refractivity contribution in [2.45, 2.75) is 18.8 Å². The predicted molar refractivity (Wildman–Crippen MR) is 103 cm³/mol.